The quantitative estimate of drug-likeness (QED) is 0.0162. The molecule has 1 unspecified atom stereocenters. The number of hydrogen-bond acceptors (Lipinski definition) is 20. The molecule has 10 rings (SSSR count). The van der Waals surface area contributed by atoms with Crippen molar-refractivity contribution >= 4 is 121 Å². The number of fused-ring (bicyclic) bond motifs is 6. The van der Waals surface area contributed by atoms with Crippen LogP contribution in [0.3, 0.4) is 0 Å². The zero-order valence-corrected chi connectivity index (χ0v) is 51.2. The smallest absolute Gasteiger partial charge is 0.337 e. The summed E-state index contributed by atoms with van der Waals surface area (Å²) in [6.45, 7) is 0.431. The molecule has 0 bridgehead atoms. The van der Waals surface area contributed by atoms with E-state index in [1.165, 1.54) is 46.3 Å². The lowest BCUT2D eigenvalue weighted by Crippen LogP contribution is -2.61. The number of nitrogens with zero attached hydrogens (tertiary/aromatic N) is 3. The van der Waals surface area contributed by atoms with E-state index in [0.717, 1.165) is 24.7 Å². The molecular formula is C65H67Cl2N5O20. The Hall–Kier alpha value is -8.34. The number of rotatable bonds is 22. The highest BCUT2D eigenvalue weighted by molar-refractivity contribution is 6.20. The molecule has 92 heavy (non-hydrogen) atoms. The molecule has 25 nitrogen and oxygen atoms in total. The first kappa shape index (κ1) is 66.6. The molecule has 6 amide bonds. The lowest BCUT2D eigenvalue weighted by molar-refractivity contribution is -0.271. The van der Waals surface area contributed by atoms with Gasteiger partial charge in [-0.25, -0.2) is 9.59 Å². The number of imide groups is 1. The number of nitrogens with one attached hydrogen (secondary N) is 2. The molecule has 8 N–H and O–H groups in total. The topological polar surface area (TPSA) is 347 Å². The van der Waals surface area contributed by atoms with E-state index in [1.807, 2.05) is 0 Å². The summed E-state index contributed by atoms with van der Waals surface area (Å²) in [5.74, 6) is -5.03. The third-order valence-electron chi connectivity index (χ3n) is 16.7. The van der Waals surface area contributed by atoms with Crippen LogP contribution in [0.1, 0.15) is 66.2 Å². The van der Waals surface area contributed by atoms with E-state index in [4.69, 9.17) is 51.6 Å². The molecule has 2 fully saturated rings. The number of esters is 2. The fourth-order valence-electron chi connectivity index (χ4n) is 11.9. The Morgan fingerprint density at radius 3 is 1.57 bits per heavy atom. The lowest BCUT2D eigenvalue weighted by Gasteiger charge is -2.39. The van der Waals surface area contributed by atoms with Crippen molar-refractivity contribution in [1.82, 2.24) is 10.2 Å². The van der Waals surface area contributed by atoms with Crippen molar-refractivity contribution in [2.45, 2.75) is 105 Å². The standard InChI is InChI=1S/C65H67Cl2N5O20/c1-87-62(85)60-56(81)54(79)58(83)64(91-60)89-44-27-42-52(39-12-7-5-10-37(39)44)35(29-66)31-71(42)50(77)19-16-33-15-17-34(41(26-33)69-47(74)23-24-68-46(73)14-4-3-9-25-70-48(75)21-22-49(70)76)18-20-51(78)72-32-36(30-67)53-40-13-8-6-11-38(40)45(28-43(53)72)90-65-59(84)55(80)57(82)61(92-65)63(86)88-2/h5-8,10-13,15-22,26-28,35-36,54-61,64-65,79-84H,3-4,9,14,23-25,29-32H2,1-2H3,(H,68,73)(H,69,74)/b19-16+,20-18+/t35-,36?,54+,55+,56+,57+,58-,59-,60+,61+,64-,65-/m1/s1. The number of amides is 6. The van der Waals surface area contributed by atoms with Crippen LogP contribution in [-0.2, 0) is 57.3 Å². The number of halogens is 2. The summed E-state index contributed by atoms with van der Waals surface area (Å²) in [5.41, 5.74) is 3.17. The Kier molecular flexibility index (Phi) is 21.0. The molecule has 27 heteroatoms. The lowest BCUT2D eigenvalue weighted by atomic mass is 9.95. The zero-order chi connectivity index (χ0) is 65.7. The Labute approximate surface area is 536 Å². The Balaban J connectivity index is 0.902. The van der Waals surface area contributed by atoms with Crippen LogP contribution in [0.2, 0.25) is 0 Å². The van der Waals surface area contributed by atoms with E-state index in [9.17, 15) is 69.0 Å². The van der Waals surface area contributed by atoms with Crippen LogP contribution < -0.4 is 29.9 Å². The predicted molar refractivity (Wildman–Crippen MR) is 333 cm³/mol. The number of aliphatic hydroxyl groups is 6. The van der Waals surface area contributed by atoms with Crippen molar-refractivity contribution < 1.29 is 97.4 Å². The minimum Gasteiger partial charge on any atom is -0.467 e. The number of aliphatic hydroxyl groups excluding tert-OH is 6. The second-order valence-electron chi connectivity index (χ2n) is 22.5. The molecule has 5 aliphatic rings. The molecule has 2 saturated heterocycles. The molecule has 0 saturated carbocycles. The number of ether oxygens (including phenoxy) is 6. The Morgan fingerprint density at radius 1 is 0.587 bits per heavy atom. The van der Waals surface area contributed by atoms with E-state index >= 15 is 0 Å². The minimum atomic E-state index is -1.87. The first-order valence-corrected chi connectivity index (χ1v) is 30.7. The zero-order valence-electron chi connectivity index (χ0n) is 49.7. The molecule has 5 aliphatic heterocycles. The van der Waals surface area contributed by atoms with Gasteiger partial charge in [-0.05, 0) is 64.1 Å². The van der Waals surface area contributed by atoms with Gasteiger partial charge in [-0.2, -0.15) is 0 Å². The first-order chi connectivity index (χ1) is 44.2. The van der Waals surface area contributed by atoms with Crippen LogP contribution in [0.25, 0.3) is 33.7 Å². The van der Waals surface area contributed by atoms with Crippen LogP contribution in [-0.4, -0.2) is 196 Å². The summed E-state index contributed by atoms with van der Waals surface area (Å²) in [4.78, 5) is 109. The fraction of sp³-hybridized carbons (Fsp3) is 0.385. The number of unbranched alkanes of at least 4 members (excludes halogenated alkanes) is 2. The molecule has 0 aliphatic carbocycles. The summed E-state index contributed by atoms with van der Waals surface area (Å²) >= 11 is 13.2. The largest absolute Gasteiger partial charge is 0.467 e. The van der Waals surface area contributed by atoms with Gasteiger partial charge in [0.25, 0.3) is 23.6 Å². The molecule has 5 aromatic carbocycles. The third-order valence-corrected chi connectivity index (χ3v) is 17.4. The van der Waals surface area contributed by atoms with Crippen molar-refractivity contribution in [3.63, 3.8) is 0 Å². The van der Waals surface area contributed by atoms with Gasteiger partial charge < -0.3 is 79.5 Å². The summed E-state index contributed by atoms with van der Waals surface area (Å²) in [7, 11) is 2.13. The van der Waals surface area contributed by atoms with E-state index in [0.29, 0.717) is 68.9 Å². The third kappa shape index (κ3) is 13.9. The molecule has 0 spiro atoms. The maximum atomic E-state index is 14.6. The molecule has 0 radical (unpaired) electrons. The second kappa shape index (κ2) is 29.1. The van der Waals surface area contributed by atoms with Gasteiger partial charge in [0.2, 0.25) is 24.4 Å². The maximum absolute atomic E-state index is 14.6. The first-order valence-electron chi connectivity index (χ1n) is 29.6. The monoisotopic (exact) mass is 1310 g/mol. The van der Waals surface area contributed by atoms with Crippen molar-refractivity contribution in [3.8, 4) is 11.5 Å². The molecule has 0 aromatic heterocycles. The van der Waals surface area contributed by atoms with Gasteiger partial charge in [0.15, 0.2) is 12.2 Å². The van der Waals surface area contributed by atoms with Crippen LogP contribution >= 0.6 is 23.2 Å². The maximum Gasteiger partial charge on any atom is 0.337 e. The highest BCUT2D eigenvalue weighted by atomic mass is 35.5. The highest BCUT2D eigenvalue weighted by Gasteiger charge is 2.50. The summed E-state index contributed by atoms with van der Waals surface area (Å²) in [6.07, 6.45) is -8.34. The second-order valence-corrected chi connectivity index (χ2v) is 23.1. The molecule has 486 valence electrons. The molecule has 5 aromatic rings. The Bertz CT molecular complexity index is 3770. The van der Waals surface area contributed by atoms with Gasteiger partial charge in [0.1, 0.15) is 48.1 Å². The van der Waals surface area contributed by atoms with Crippen LogP contribution in [0, 0.1) is 0 Å². The van der Waals surface area contributed by atoms with Crippen LogP contribution in [0.4, 0.5) is 17.1 Å². The highest BCUT2D eigenvalue weighted by Crippen LogP contribution is 2.48. The summed E-state index contributed by atoms with van der Waals surface area (Å²) < 4.78 is 33.1. The molecular weight excluding hydrogens is 1240 g/mol. The molecule has 5 heterocycles. The average molecular weight is 1310 g/mol. The van der Waals surface area contributed by atoms with Crippen LogP contribution in [0.5, 0.6) is 11.5 Å². The summed E-state index contributed by atoms with van der Waals surface area (Å²) in [5, 5.41) is 72.4. The number of carbonyl (C=O) groups is 8. The number of anilines is 3. The van der Waals surface area contributed by atoms with Gasteiger partial charge in [-0.3, -0.25) is 33.7 Å². The van der Waals surface area contributed by atoms with Crippen molar-refractivity contribution in [2.24, 2.45) is 0 Å². The minimum absolute atomic E-state index is 0.0441. The van der Waals surface area contributed by atoms with Crippen molar-refractivity contribution in [3.05, 3.63) is 125 Å². The number of benzene rings is 5. The van der Waals surface area contributed by atoms with Gasteiger partial charge in [-0.15, -0.1) is 23.2 Å². The predicted octanol–water partition coefficient (Wildman–Crippen LogP) is 3.41. The van der Waals surface area contributed by atoms with E-state index in [1.54, 1.807) is 78.9 Å². The number of alkyl halides is 2. The number of carbonyl (C=O) groups excluding carboxylic acids is 8. The van der Waals surface area contributed by atoms with Gasteiger partial charge in [-0.1, -0.05) is 67.1 Å². The fourth-order valence-corrected chi connectivity index (χ4v) is 12.4. The van der Waals surface area contributed by atoms with Crippen molar-refractivity contribution in [2.75, 3.05) is 67.3 Å². The van der Waals surface area contributed by atoms with Gasteiger partial charge >= 0.3 is 11.9 Å². The van der Waals surface area contributed by atoms with Gasteiger partial charge in [0, 0.05) is 116 Å². The molecule has 12 atom stereocenters. The number of hydrogen-bond donors (Lipinski definition) is 8. The number of methoxy groups -OCH3 is 2. The average Bonchev–Trinajstić information content (AvgIpc) is 1.54. The summed E-state index contributed by atoms with van der Waals surface area (Å²) in [6, 6.07) is 22.1. The van der Waals surface area contributed by atoms with E-state index in [2.05, 4.69) is 10.6 Å². The van der Waals surface area contributed by atoms with E-state index in [-0.39, 0.29) is 97.5 Å². The SMILES string of the molecule is COC(=O)[C@H]1O[C@@H](Oc2cc3c(c4ccccc24)C(CCl)CN3C(=O)/C=C/c2ccc(/C=C/C(=O)N3C[C@@H](CCl)c4c3cc(O[C@@H]3O[C@H](C(=O)OC)[C@@H](O)[C@H](O)[C@H]3O)c3ccccc43)cc2NC(=O)CCNC(=O)CCCCCN2C(=O)C=CC2=O)[C@H](O)[C@@H](O)[C@@H]1O. The van der Waals surface area contributed by atoms with Crippen molar-refractivity contribution in [1.29, 1.82) is 0 Å². The van der Waals surface area contributed by atoms with E-state index < -0.39 is 91.1 Å². The normalized spacial score (nSPS) is 25.2. The van der Waals surface area contributed by atoms with Gasteiger partial charge in [0.05, 0.1) is 25.6 Å². The Morgan fingerprint density at radius 2 is 1.08 bits per heavy atom. The van der Waals surface area contributed by atoms with Crippen LogP contribution in [0.15, 0.2) is 103 Å².